The molecule has 2 aromatic rings. The Bertz CT molecular complexity index is 720. The summed E-state index contributed by atoms with van der Waals surface area (Å²) < 4.78 is 10.7. The predicted molar refractivity (Wildman–Crippen MR) is 99.5 cm³/mol. The molecule has 0 unspecified atom stereocenters. The fraction of sp³-hybridized carbons (Fsp3) is 0.300. The second-order valence-corrected chi connectivity index (χ2v) is 5.77. The van der Waals surface area contributed by atoms with E-state index in [2.05, 4.69) is 10.5 Å². The first kappa shape index (κ1) is 18.5. The van der Waals surface area contributed by atoms with E-state index in [0.29, 0.717) is 12.0 Å². The highest BCUT2D eigenvalue weighted by Gasteiger charge is 2.07. The second-order valence-electron chi connectivity index (χ2n) is 5.77. The Hall–Kier alpha value is -2.82. The van der Waals surface area contributed by atoms with Crippen molar-refractivity contribution in [1.82, 2.24) is 5.43 Å². The van der Waals surface area contributed by atoms with Crippen LogP contribution in [0.25, 0.3) is 0 Å². The van der Waals surface area contributed by atoms with Crippen molar-refractivity contribution in [2.45, 2.75) is 33.3 Å². The van der Waals surface area contributed by atoms with Gasteiger partial charge >= 0.3 is 0 Å². The lowest BCUT2D eigenvalue weighted by Gasteiger charge is -2.10. The zero-order valence-electron chi connectivity index (χ0n) is 15.1. The van der Waals surface area contributed by atoms with Crippen molar-refractivity contribution < 1.29 is 14.3 Å². The minimum atomic E-state index is -0.254. The number of hydrazone groups is 1. The maximum absolute atomic E-state index is 12.3. The van der Waals surface area contributed by atoms with Crippen LogP contribution in [0.1, 0.15) is 43.1 Å². The van der Waals surface area contributed by atoms with Gasteiger partial charge in [0.25, 0.3) is 5.91 Å². The molecule has 0 aliphatic carbocycles. The third kappa shape index (κ3) is 5.35. The van der Waals surface area contributed by atoms with Crippen molar-refractivity contribution >= 4 is 11.6 Å². The summed E-state index contributed by atoms with van der Waals surface area (Å²) in [4.78, 5) is 12.3. The van der Waals surface area contributed by atoms with Crippen LogP contribution in [0.5, 0.6) is 11.5 Å². The lowest BCUT2D eigenvalue weighted by Crippen LogP contribution is -2.20. The Balaban J connectivity index is 2.05. The molecule has 0 radical (unpaired) electrons. The zero-order chi connectivity index (χ0) is 18.2. The third-order valence-corrected chi connectivity index (χ3v) is 3.54. The first-order valence-corrected chi connectivity index (χ1v) is 8.31. The summed E-state index contributed by atoms with van der Waals surface area (Å²) >= 11 is 0. The molecule has 1 amide bonds. The summed E-state index contributed by atoms with van der Waals surface area (Å²) in [6, 6.07) is 14.6. The molecule has 0 aromatic heterocycles. The first-order chi connectivity index (χ1) is 12.0. The number of carbonyl (C=O) groups excluding carboxylic acids is 1. The molecule has 0 saturated heterocycles. The number of methoxy groups -OCH3 is 1. The number of nitrogens with zero attached hydrogens (tertiary/aromatic N) is 1. The Morgan fingerprint density at radius 2 is 1.56 bits per heavy atom. The van der Waals surface area contributed by atoms with Gasteiger partial charge in [-0.3, -0.25) is 4.79 Å². The van der Waals surface area contributed by atoms with E-state index < -0.39 is 0 Å². The summed E-state index contributed by atoms with van der Waals surface area (Å²) in [5.41, 5.74) is 4.90. The maximum Gasteiger partial charge on any atom is 0.271 e. The summed E-state index contributed by atoms with van der Waals surface area (Å²) in [5, 5.41) is 4.26. The monoisotopic (exact) mass is 340 g/mol. The minimum Gasteiger partial charge on any atom is -0.497 e. The minimum absolute atomic E-state index is 0.0980. The smallest absolute Gasteiger partial charge is 0.271 e. The molecule has 5 heteroatoms. The molecule has 0 fully saturated rings. The molecule has 2 aromatic carbocycles. The molecule has 0 saturated carbocycles. The number of nitrogens with one attached hydrogen (secondary N) is 1. The topological polar surface area (TPSA) is 59.9 Å². The summed E-state index contributed by atoms with van der Waals surface area (Å²) in [7, 11) is 1.63. The number of carbonyl (C=O) groups is 1. The SMILES string of the molecule is CC/C(=N/NC(=O)c1ccc(OC(C)C)cc1)c1ccc(OC)cc1. The van der Waals surface area contributed by atoms with Crippen LogP contribution < -0.4 is 14.9 Å². The number of ether oxygens (including phenoxy) is 2. The average Bonchev–Trinajstić information content (AvgIpc) is 2.62. The van der Waals surface area contributed by atoms with Crippen molar-refractivity contribution in [3.05, 3.63) is 59.7 Å². The lowest BCUT2D eigenvalue weighted by atomic mass is 10.1. The standard InChI is InChI=1S/C20H24N2O3/c1-5-19(15-6-10-17(24-4)11-7-15)21-22-20(23)16-8-12-18(13-9-16)25-14(2)3/h6-14H,5H2,1-4H3,(H,22,23)/b21-19-. The second kappa shape index (κ2) is 8.87. The van der Waals surface area contributed by atoms with Crippen LogP contribution in [0.15, 0.2) is 53.6 Å². The van der Waals surface area contributed by atoms with Crippen molar-refractivity contribution in [2.24, 2.45) is 5.10 Å². The van der Waals surface area contributed by atoms with E-state index in [9.17, 15) is 4.79 Å². The van der Waals surface area contributed by atoms with E-state index in [1.165, 1.54) is 0 Å². The van der Waals surface area contributed by atoms with Crippen LogP contribution in [0.3, 0.4) is 0 Å². The van der Waals surface area contributed by atoms with E-state index >= 15 is 0 Å². The van der Waals surface area contributed by atoms with E-state index in [1.807, 2.05) is 45.0 Å². The molecule has 5 nitrogen and oxygen atoms in total. The highest BCUT2D eigenvalue weighted by molar-refractivity contribution is 6.02. The Kier molecular flexibility index (Phi) is 6.57. The number of amides is 1. The molecule has 0 bridgehead atoms. The van der Waals surface area contributed by atoms with Crippen molar-refractivity contribution in [1.29, 1.82) is 0 Å². The van der Waals surface area contributed by atoms with Crippen LogP contribution in [-0.2, 0) is 0 Å². The third-order valence-electron chi connectivity index (χ3n) is 3.54. The zero-order valence-corrected chi connectivity index (χ0v) is 15.1. The molecule has 0 heterocycles. The molecule has 0 atom stereocenters. The molecular weight excluding hydrogens is 316 g/mol. The van der Waals surface area contributed by atoms with E-state index in [-0.39, 0.29) is 12.0 Å². The molecule has 1 N–H and O–H groups in total. The number of rotatable bonds is 7. The molecule has 25 heavy (non-hydrogen) atoms. The lowest BCUT2D eigenvalue weighted by molar-refractivity contribution is 0.0954. The van der Waals surface area contributed by atoms with Gasteiger partial charge in [0, 0.05) is 5.56 Å². The maximum atomic E-state index is 12.3. The first-order valence-electron chi connectivity index (χ1n) is 8.31. The number of hydrogen-bond acceptors (Lipinski definition) is 4. The van der Waals surface area contributed by atoms with Gasteiger partial charge in [0.05, 0.1) is 18.9 Å². The number of hydrogen-bond donors (Lipinski definition) is 1. The predicted octanol–water partition coefficient (Wildman–Crippen LogP) is 4.03. The van der Waals surface area contributed by atoms with Gasteiger partial charge in [-0.25, -0.2) is 5.43 Å². The van der Waals surface area contributed by atoms with Crippen molar-refractivity contribution in [3.63, 3.8) is 0 Å². The largest absolute Gasteiger partial charge is 0.497 e. The van der Waals surface area contributed by atoms with Gasteiger partial charge in [-0.15, -0.1) is 0 Å². The summed E-state index contributed by atoms with van der Waals surface area (Å²) in [6.45, 7) is 5.91. The van der Waals surface area contributed by atoms with Crippen molar-refractivity contribution in [3.8, 4) is 11.5 Å². The van der Waals surface area contributed by atoms with Crippen LogP contribution in [-0.4, -0.2) is 24.8 Å². The van der Waals surface area contributed by atoms with Gasteiger partial charge < -0.3 is 9.47 Å². The van der Waals surface area contributed by atoms with E-state index in [0.717, 1.165) is 22.8 Å². The molecule has 0 spiro atoms. The fourth-order valence-corrected chi connectivity index (χ4v) is 2.27. The quantitative estimate of drug-likeness (QED) is 0.611. The fourth-order valence-electron chi connectivity index (χ4n) is 2.27. The molecule has 0 aliphatic rings. The summed E-state index contributed by atoms with van der Waals surface area (Å²) in [6.07, 6.45) is 0.800. The van der Waals surface area contributed by atoms with Crippen LogP contribution in [0, 0.1) is 0 Å². The van der Waals surface area contributed by atoms with E-state index in [4.69, 9.17) is 9.47 Å². The van der Waals surface area contributed by atoms with Crippen LogP contribution in [0.2, 0.25) is 0 Å². The molecule has 2 rings (SSSR count). The normalized spacial score (nSPS) is 11.3. The molecule has 0 aliphatic heterocycles. The molecular formula is C20H24N2O3. The highest BCUT2D eigenvalue weighted by Crippen LogP contribution is 2.15. The van der Waals surface area contributed by atoms with Gasteiger partial charge in [0.2, 0.25) is 0 Å². The van der Waals surface area contributed by atoms with Gasteiger partial charge in [-0.05, 0) is 74.4 Å². The summed E-state index contributed by atoms with van der Waals surface area (Å²) in [5.74, 6) is 1.27. The Morgan fingerprint density at radius 1 is 1.00 bits per heavy atom. The van der Waals surface area contributed by atoms with Crippen molar-refractivity contribution in [2.75, 3.05) is 7.11 Å². The highest BCUT2D eigenvalue weighted by atomic mass is 16.5. The van der Waals surface area contributed by atoms with Crippen LogP contribution >= 0.6 is 0 Å². The van der Waals surface area contributed by atoms with Gasteiger partial charge in [-0.1, -0.05) is 6.92 Å². The van der Waals surface area contributed by atoms with Crippen LogP contribution in [0.4, 0.5) is 0 Å². The molecule has 132 valence electrons. The Morgan fingerprint density at radius 3 is 2.08 bits per heavy atom. The van der Waals surface area contributed by atoms with E-state index in [1.54, 1.807) is 31.4 Å². The average molecular weight is 340 g/mol. The van der Waals surface area contributed by atoms with Gasteiger partial charge in [-0.2, -0.15) is 5.10 Å². The Labute approximate surface area is 148 Å². The van der Waals surface area contributed by atoms with Gasteiger partial charge in [0.1, 0.15) is 11.5 Å². The number of benzene rings is 2. The van der Waals surface area contributed by atoms with Gasteiger partial charge in [0.15, 0.2) is 0 Å².